The van der Waals surface area contributed by atoms with E-state index in [1.165, 1.54) is 0 Å². The summed E-state index contributed by atoms with van der Waals surface area (Å²) in [4.78, 5) is 74.6. The van der Waals surface area contributed by atoms with E-state index >= 15 is 0 Å². The third-order valence-electron chi connectivity index (χ3n) is 13.3. The maximum Gasteiger partial charge on any atom is 0.407 e. The van der Waals surface area contributed by atoms with Gasteiger partial charge in [-0.05, 0) is 126 Å². The van der Waals surface area contributed by atoms with Crippen LogP contribution < -0.4 is 10.6 Å². The molecular formula is C52H94N2O13Si3. The molecule has 0 aromatic heterocycles. The molecule has 2 N–H and O–H groups in total. The van der Waals surface area contributed by atoms with Crippen LogP contribution in [0.2, 0.25) is 51.4 Å². The molecule has 2 fully saturated rings. The van der Waals surface area contributed by atoms with Gasteiger partial charge in [0.25, 0.3) is 0 Å². The maximum atomic E-state index is 13.6. The number of carbonyl (C=O) groups excluding carboxylic acids is 6. The van der Waals surface area contributed by atoms with Gasteiger partial charge in [-0.2, -0.15) is 0 Å². The molecule has 70 heavy (non-hydrogen) atoms. The van der Waals surface area contributed by atoms with Crippen LogP contribution in [-0.2, 0) is 55.9 Å². The van der Waals surface area contributed by atoms with Crippen LogP contribution in [0.5, 0.6) is 0 Å². The van der Waals surface area contributed by atoms with Gasteiger partial charge >= 0.3 is 26.6 Å². The third kappa shape index (κ3) is 25.6. The molecule has 4 unspecified atom stereocenters. The summed E-state index contributed by atoms with van der Waals surface area (Å²) in [5, 5.41) is 5.99. The van der Waals surface area contributed by atoms with Crippen LogP contribution in [0.15, 0.2) is 25.3 Å². The van der Waals surface area contributed by atoms with E-state index in [2.05, 4.69) is 97.7 Å². The molecule has 402 valence electrons. The predicted octanol–water partition coefficient (Wildman–Crippen LogP) is 10.3. The number of rotatable bonds is 34. The molecule has 0 aliphatic heterocycles. The number of esters is 2. The first-order valence-electron chi connectivity index (χ1n) is 25.9. The lowest BCUT2D eigenvalue weighted by molar-refractivity contribution is -0.140. The molecule has 15 nitrogen and oxygen atoms in total. The minimum atomic E-state index is -2.39. The maximum absolute atomic E-state index is 13.6. The molecule has 2 saturated carbocycles. The minimum Gasteiger partial charge on any atom is -0.462 e. The van der Waals surface area contributed by atoms with Gasteiger partial charge in [-0.3, -0.25) is 14.4 Å². The number of unbranched alkanes of at least 4 members (excludes halogenated alkanes) is 3. The van der Waals surface area contributed by atoms with Crippen molar-refractivity contribution in [3.8, 4) is 0 Å². The Morgan fingerprint density at radius 3 is 1.49 bits per heavy atom. The van der Waals surface area contributed by atoms with Crippen molar-refractivity contribution < 1.29 is 60.7 Å². The van der Waals surface area contributed by atoms with Crippen molar-refractivity contribution in [3.63, 3.8) is 0 Å². The third-order valence-corrected chi connectivity index (χ3v) is 24.8. The highest BCUT2D eigenvalue weighted by atomic mass is 28.5. The van der Waals surface area contributed by atoms with Crippen LogP contribution in [0.25, 0.3) is 0 Å². The summed E-state index contributed by atoms with van der Waals surface area (Å²) in [6.07, 6.45) is 12.2. The Balaban J connectivity index is 1.62. The lowest BCUT2D eigenvalue weighted by atomic mass is 9.60. The van der Waals surface area contributed by atoms with Gasteiger partial charge in [0.15, 0.2) is 16.6 Å². The largest absolute Gasteiger partial charge is 0.462 e. The Morgan fingerprint density at radius 2 is 0.957 bits per heavy atom. The average molecular weight is 1040 g/mol. The molecule has 2 aliphatic rings. The molecule has 0 heterocycles. The minimum absolute atomic E-state index is 0.00391. The zero-order chi connectivity index (χ0) is 52.9. The molecule has 0 aromatic rings. The monoisotopic (exact) mass is 1040 g/mol. The second-order valence-electron chi connectivity index (χ2n) is 23.7. The highest BCUT2D eigenvalue weighted by Gasteiger charge is 2.47. The second-order valence-corrected chi connectivity index (χ2v) is 36.1. The van der Waals surface area contributed by atoms with E-state index < -0.39 is 54.1 Å². The van der Waals surface area contributed by atoms with Gasteiger partial charge in [-0.15, -0.1) is 0 Å². The summed E-state index contributed by atoms with van der Waals surface area (Å²) < 4.78 is 40.6. The quantitative estimate of drug-likeness (QED) is 0.0204. The van der Waals surface area contributed by atoms with E-state index in [-0.39, 0.29) is 66.6 Å². The Bertz CT molecular complexity index is 1740. The highest BCUT2D eigenvalue weighted by Crippen LogP contribution is 2.48. The molecule has 18 heteroatoms. The van der Waals surface area contributed by atoms with Gasteiger partial charge in [0.05, 0.1) is 13.0 Å². The lowest BCUT2D eigenvalue weighted by Crippen LogP contribution is -2.52. The highest BCUT2D eigenvalue weighted by molar-refractivity contribution is 6.87. The summed E-state index contributed by atoms with van der Waals surface area (Å²) in [5.41, 5.74) is -1.32. The normalized spacial score (nSPS) is 22.3. The summed E-state index contributed by atoms with van der Waals surface area (Å²) >= 11 is 0. The number of ketones is 2. The Kier molecular flexibility index (Phi) is 26.2. The molecule has 2 rings (SSSR count). The molecule has 0 aromatic carbocycles. The fourth-order valence-corrected chi connectivity index (χ4v) is 25.2. The first-order valence-corrected chi connectivity index (χ1v) is 34.9. The van der Waals surface area contributed by atoms with Crippen LogP contribution in [0, 0.1) is 21.7 Å². The van der Waals surface area contributed by atoms with Crippen molar-refractivity contribution in [2.75, 3.05) is 46.2 Å². The van der Waals surface area contributed by atoms with Crippen molar-refractivity contribution >= 4 is 60.7 Å². The Morgan fingerprint density at radius 1 is 0.514 bits per heavy atom. The Hall–Kier alpha value is -3.01. The standard InChI is InChI=1S/C52H94N2O13Si3/c1-15-46(58)63-30-25-45(57)53-41-35-49(3,4)39-51(7,37-41)43(55)23-19-17-18-20-26-61-27-21-33-68(9,10)66-70(13,14)67-69(11,12)34-22-28-62-29-24-44(56)52(8)38-42(36-50(5,6)40-52)54-48(60)65-32-31-64-47(59)16-2/h15-16,41-42H,1-2,17-40H2,3-14H3,(H,53,57)(H,54,60). The molecule has 0 spiro atoms. The molecule has 2 aliphatic carbocycles. The van der Waals surface area contributed by atoms with Crippen LogP contribution in [0.3, 0.4) is 0 Å². The summed E-state index contributed by atoms with van der Waals surface area (Å²) in [5.74, 6) is -0.899. The van der Waals surface area contributed by atoms with Gasteiger partial charge in [0.1, 0.15) is 31.4 Å². The van der Waals surface area contributed by atoms with E-state index in [1.54, 1.807) is 0 Å². The van der Waals surface area contributed by atoms with Crippen molar-refractivity contribution in [3.05, 3.63) is 25.3 Å². The molecule has 0 radical (unpaired) electrons. The second kappa shape index (κ2) is 29.0. The molecular weight excluding hydrogens is 945 g/mol. The fraction of sp³-hybridized carbons (Fsp3) is 0.808. The van der Waals surface area contributed by atoms with Crippen molar-refractivity contribution in [1.82, 2.24) is 10.6 Å². The van der Waals surface area contributed by atoms with Crippen LogP contribution in [0.4, 0.5) is 4.79 Å². The molecule has 0 saturated heterocycles. The average Bonchev–Trinajstić information content (AvgIpc) is 3.21. The van der Waals surface area contributed by atoms with Crippen molar-refractivity contribution in [1.29, 1.82) is 0 Å². The number of alkyl carbamates (subject to hydrolysis) is 1. The summed E-state index contributed by atoms with van der Waals surface area (Å²) in [6, 6.07) is 1.60. The summed E-state index contributed by atoms with van der Waals surface area (Å²) in [7, 11) is -6.44. The van der Waals surface area contributed by atoms with Crippen LogP contribution in [-0.4, -0.2) is 119 Å². The Labute approximate surface area is 424 Å². The fourth-order valence-electron chi connectivity index (χ4n) is 11.2. The number of nitrogens with one attached hydrogen (secondary N) is 2. The van der Waals surface area contributed by atoms with Crippen molar-refractivity contribution in [2.24, 2.45) is 21.7 Å². The van der Waals surface area contributed by atoms with E-state index in [9.17, 15) is 28.8 Å². The smallest absolute Gasteiger partial charge is 0.407 e. The summed E-state index contributed by atoms with van der Waals surface area (Å²) in [6.45, 7) is 34.8. The number of hydrogen-bond donors (Lipinski definition) is 2. The van der Waals surface area contributed by atoms with Gasteiger partial charge in [0, 0.05) is 67.7 Å². The first kappa shape index (κ1) is 63.1. The topological polar surface area (TPSA) is 191 Å². The molecule has 0 bridgehead atoms. The first-order chi connectivity index (χ1) is 32.4. The molecule has 4 atom stereocenters. The van der Waals surface area contributed by atoms with Gasteiger partial charge in [-0.1, -0.05) is 67.5 Å². The van der Waals surface area contributed by atoms with Crippen LogP contribution >= 0.6 is 0 Å². The van der Waals surface area contributed by atoms with E-state index in [0.717, 1.165) is 88.4 Å². The van der Waals surface area contributed by atoms with Gasteiger partial charge < -0.3 is 42.5 Å². The number of hydrogen-bond acceptors (Lipinski definition) is 13. The zero-order valence-corrected chi connectivity index (χ0v) is 48.5. The van der Waals surface area contributed by atoms with E-state index in [1.807, 2.05) is 6.92 Å². The number of carbonyl (C=O) groups is 6. The van der Waals surface area contributed by atoms with Gasteiger partial charge in [-0.25, -0.2) is 14.4 Å². The zero-order valence-electron chi connectivity index (χ0n) is 45.5. The number of Topliss-reactive ketones (excluding diaryl/α,β-unsaturated/α-hetero) is 2. The number of amides is 2. The van der Waals surface area contributed by atoms with Gasteiger partial charge in [0.2, 0.25) is 5.91 Å². The lowest BCUT2D eigenvalue weighted by Gasteiger charge is -2.46. The molecule has 2 amide bonds. The predicted molar refractivity (Wildman–Crippen MR) is 281 cm³/mol. The van der Waals surface area contributed by atoms with E-state index in [4.69, 9.17) is 31.9 Å². The SMILES string of the molecule is C=CC(=O)OCCOC(=O)NC1CC(C)(C)CC(C)(C(=O)CCOCCC[Si](C)(C)O[Si](C)(C)O[Si](C)(C)CCCOCCCCCCC(=O)C2(C)CC(NC(=O)CCOC(=O)C=C)CC(C)(C)C2)C1. The van der Waals surface area contributed by atoms with Crippen LogP contribution in [0.1, 0.15) is 138 Å². The number of ether oxygens (including phenoxy) is 5. The van der Waals surface area contributed by atoms with Crippen molar-refractivity contribution in [2.45, 2.75) is 201 Å². The van der Waals surface area contributed by atoms with E-state index in [0.29, 0.717) is 52.1 Å².